The van der Waals surface area contributed by atoms with Crippen LogP contribution in [-0.4, -0.2) is 82.3 Å². The van der Waals surface area contributed by atoms with Crippen LogP contribution >= 0.6 is 0 Å². The topological polar surface area (TPSA) is 111 Å². The molecule has 0 aromatic rings. The lowest BCUT2D eigenvalue weighted by molar-refractivity contribution is -0.870. The molecule has 97 heavy (non-hydrogen) atoms. The van der Waals surface area contributed by atoms with Gasteiger partial charge in [0.1, 0.15) is 13.2 Å². The molecule has 9 nitrogen and oxygen atoms in total. The number of ether oxygens (including phenoxy) is 4. The number of likely N-dealkylation sites (N-methyl/N-ethyl adjacent to an activating group) is 1. The lowest BCUT2D eigenvalue weighted by atomic mass is 10.0. The van der Waals surface area contributed by atoms with Crippen LogP contribution in [0.1, 0.15) is 335 Å². The number of carbonyl (C=O) groups excluding carboxylic acids is 3. The van der Waals surface area contributed by atoms with Crippen molar-refractivity contribution in [3.8, 4) is 0 Å². The SMILES string of the molecule is CC/C=C\C/C=C\C/C=C\C/C=C\C/C=C\C/C=C\C/C=C\C/C=C\C/C=C\C/C=C\CCCCCCCCCCC(=O)OC(COC(=O)CCCCCCCCCCCCCCCCCCCCCCC/C=C\C/C=C\CCCCCCC)COC(OCC[N+](C)(C)C)C(=O)[O-]. The first-order valence-electron chi connectivity index (χ1n) is 40.0. The molecule has 9 heteroatoms. The molecule has 0 spiro atoms. The van der Waals surface area contributed by atoms with E-state index in [1.54, 1.807) is 0 Å². The Kier molecular flexibility index (Phi) is 73.1. The highest BCUT2D eigenvalue weighted by Gasteiger charge is 2.22. The summed E-state index contributed by atoms with van der Waals surface area (Å²) in [5, 5.41) is 11.9. The van der Waals surface area contributed by atoms with Crippen molar-refractivity contribution >= 4 is 17.9 Å². The van der Waals surface area contributed by atoms with Gasteiger partial charge in [-0.2, -0.15) is 0 Å². The number of esters is 2. The molecule has 0 aromatic heterocycles. The molecule has 2 unspecified atom stereocenters. The van der Waals surface area contributed by atoms with Crippen molar-refractivity contribution in [2.24, 2.45) is 0 Å². The van der Waals surface area contributed by atoms with Gasteiger partial charge in [-0.3, -0.25) is 9.59 Å². The summed E-state index contributed by atoms with van der Waals surface area (Å²) in [4.78, 5) is 37.6. The number of carboxylic acid groups (broad SMARTS) is 1. The normalized spacial score (nSPS) is 13.5. The molecular formula is C88H149NO8. The van der Waals surface area contributed by atoms with Crippen LogP contribution in [0, 0.1) is 0 Å². The van der Waals surface area contributed by atoms with E-state index in [0.29, 0.717) is 17.4 Å². The Morgan fingerprint density at radius 2 is 0.588 bits per heavy atom. The second-order valence-corrected chi connectivity index (χ2v) is 27.6. The molecule has 0 bridgehead atoms. The molecular weight excluding hydrogens is 1200 g/mol. The van der Waals surface area contributed by atoms with Gasteiger partial charge in [-0.1, -0.05) is 346 Å². The molecule has 0 amide bonds. The van der Waals surface area contributed by atoms with Crippen molar-refractivity contribution in [2.75, 3.05) is 47.5 Å². The fourth-order valence-electron chi connectivity index (χ4n) is 11.0. The number of rotatable bonds is 73. The Hall–Kier alpha value is -4.83. The number of carbonyl (C=O) groups is 3. The third kappa shape index (κ3) is 78.4. The van der Waals surface area contributed by atoms with Gasteiger partial charge in [0.2, 0.25) is 0 Å². The highest BCUT2D eigenvalue weighted by molar-refractivity contribution is 5.70. The molecule has 0 N–H and O–H groups in total. The molecule has 0 aromatic carbocycles. The van der Waals surface area contributed by atoms with Crippen molar-refractivity contribution in [1.82, 2.24) is 0 Å². The maximum absolute atomic E-state index is 13.0. The minimum absolute atomic E-state index is 0.141. The summed E-state index contributed by atoms with van der Waals surface area (Å²) in [6.07, 6.45) is 110. The summed E-state index contributed by atoms with van der Waals surface area (Å²) >= 11 is 0. The third-order valence-corrected chi connectivity index (χ3v) is 17.1. The van der Waals surface area contributed by atoms with E-state index in [1.165, 1.54) is 186 Å². The Bertz CT molecular complexity index is 2110. The van der Waals surface area contributed by atoms with Crippen LogP contribution in [0.5, 0.6) is 0 Å². The Morgan fingerprint density at radius 3 is 0.876 bits per heavy atom. The van der Waals surface area contributed by atoms with Crippen LogP contribution in [-0.2, 0) is 33.3 Å². The zero-order chi connectivity index (χ0) is 70.4. The maximum Gasteiger partial charge on any atom is 0.306 e. The number of hydrogen-bond acceptors (Lipinski definition) is 8. The second kappa shape index (κ2) is 76.9. The molecule has 0 saturated carbocycles. The zero-order valence-electron chi connectivity index (χ0n) is 63.4. The smallest absolute Gasteiger partial charge is 0.306 e. The second-order valence-electron chi connectivity index (χ2n) is 27.6. The largest absolute Gasteiger partial charge is 0.545 e. The highest BCUT2D eigenvalue weighted by atomic mass is 16.7. The monoisotopic (exact) mass is 1350 g/mol. The predicted octanol–water partition coefficient (Wildman–Crippen LogP) is 24.5. The number of quaternary nitrogens is 1. The number of hydrogen-bond donors (Lipinski definition) is 0. The van der Waals surface area contributed by atoms with E-state index >= 15 is 0 Å². The Labute approximate surface area is 598 Å². The van der Waals surface area contributed by atoms with Gasteiger partial charge < -0.3 is 33.3 Å². The standard InChI is InChI=1S/C88H149NO8/c1-6-8-10-12-14-16-18-20-22-24-26-28-30-32-34-36-38-40-41-42-43-44-45-47-49-51-53-55-57-59-61-63-65-67-69-71-73-75-77-79-86(91)97-84(83-96-88(87(92)93)94-81-80-89(3,4)5)82-95-85(90)78-76-74-72-70-68-66-64-62-60-58-56-54-52-50-48-46-39-37-35-33-31-29-27-25-23-21-19-17-15-13-11-9-7-2/h8,10,14,16,19-22,25-28,32,34,38,40,42-43,45,47,51,53,57,59,84,88H,6-7,9,11-13,15,17-18,23-24,29-31,33,35-37,39,41,44,46,48-50,52,54-56,58,60-83H2,1-5H3/b10-8-,16-14-,21-19-,22-20-,27-25-,28-26-,34-32-,40-38-,43-42-,47-45-,53-51-,59-57-. The third-order valence-electron chi connectivity index (χ3n) is 17.1. The van der Waals surface area contributed by atoms with Crippen LogP contribution in [0.25, 0.3) is 0 Å². The van der Waals surface area contributed by atoms with Gasteiger partial charge in [0, 0.05) is 12.8 Å². The van der Waals surface area contributed by atoms with Crippen LogP contribution < -0.4 is 5.11 Å². The number of carboxylic acids is 1. The van der Waals surface area contributed by atoms with Crippen molar-refractivity contribution in [1.29, 1.82) is 0 Å². The number of allylic oxidation sites excluding steroid dienone is 24. The fraction of sp³-hybridized carbons (Fsp3) is 0.693. The summed E-state index contributed by atoms with van der Waals surface area (Å²) in [6, 6.07) is 0. The Balaban J connectivity index is 4.10. The summed E-state index contributed by atoms with van der Waals surface area (Å²) in [7, 11) is 5.93. The van der Waals surface area contributed by atoms with Gasteiger partial charge in [-0.25, -0.2) is 0 Å². The zero-order valence-corrected chi connectivity index (χ0v) is 63.4. The molecule has 554 valence electrons. The average molecular weight is 1350 g/mol. The predicted molar refractivity (Wildman–Crippen MR) is 416 cm³/mol. The van der Waals surface area contributed by atoms with E-state index in [4.69, 9.17) is 18.9 Å². The molecule has 0 heterocycles. The molecule has 2 atom stereocenters. The Morgan fingerprint density at radius 1 is 0.320 bits per heavy atom. The summed E-state index contributed by atoms with van der Waals surface area (Å²) in [5.41, 5.74) is 0. The van der Waals surface area contributed by atoms with Crippen molar-refractivity contribution in [3.63, 3.8) is 0 Å². The molecule has 0 aliphatic heterocycles. The number of nitrogens with zero attached hydrogens (tertiary/aromatic N) is 1. The minimum atomic E-state index is -1.63. The van der Waals surface area contributed by atoms with Crippen LogP contribution in [0.4, 0.5) is 0 Å². The fourth-order valence-corrected chi connectivity index (χ4v) is 11.0. The average Bonchev–Trinajstić information content (AvgIpc) is 2.39. The van der Waals surface area contributed by atoms with Gasteiger partial charge >= 0.3 is 11.9 Å². The summed E-state index contributed by atoms with van der Waals surface area (Å²) in [5.74, 6) is -2.29. The van der Waals surface area contributed by atoms with E-state index in [0.717, 1.165) is 116 Å². The lowest BCUT2D eigenvalue weighted by Crippen LogP contribution is -2.44. The molecule has 0 saturated heterocycles. The van der Waals surface area contributed by atoms with Crippen LogP contribution in [0.3, 0.4) is 0 Å². The van der Waals surface area contributed by atoms with Crippen molar-refractivity contribution in [3.05, 3.63) is 146 Å². The first kappa shape index (κ1) is 92.2. The first-order valence-corrected chi connectivity index (χ1v) is 40.0. The van der Waals surface area contributed by atoms with E-state index in [-0.39, 0.29) is 38.6 Å². The van der Waals surface area contributed by atoms with E-state index < -0.39 is 24.3 Å². The van der Waals surface area contributed by atoms with Crippen LogP contribution in [0.15, 0.2) is 146 Å². The van der Waals surface area contributed by atoms with E-state index in [9.17, 15) is 19.5 Å². The van der Waals surface area contributed by atoms with Gasteiger partial charge in [0.05, 0.1) is 40.3 Å². The molecule has 0 rings (SSSR count). The van der Waals surface area contributed by atoms with Gasteiger partial charge in [-0.05, 0) is 122 Å². The van der Waals surface area contributed by atoms with Gasteiger partial charge in [0.15, 0.2) is 12.4 Å². The van der Waals surface area contributed by atoms with E-state index in [1.807, 2.05) is 21.1 Å². The number of aliphatic carboxylic acids is 1. The molecule has 0 aliphatic rings. The van der Waals surface area contributed by atoms with Gasteiger partial charge in [0.25, 0.3) is 0 Å². The maximum atomic E-state index is 13.0. The van der Waals surface area contributed by atoms with Crippen molar-refractivity contribution in [2.45, 2.75) is 347 Å². The van der Waals surface area contributed by atoms with Crippen molar-refractivity contribution < 1.29 is 42.9 Å². The first-order chi connectivity index (χ1) is 47.6. The number of unbranched alkanes of at least 4 members (excludes halogenated alkanes) is 34. The quantitative estimate of drug-likeness (QED) is 0.0195. The highest BCUT2D eigenvalue weighted by Crippen LogP contribution is 2.18. The molecule has 0 fully saturated rings. The summed E-state index contributed by atoms with van der Waals surface area (Å²) in [6.45, 7) is 4.64. The molecule has 0 radical (unpaired) electrons. The minimum Gasteiger partial charge on any atom is -0.545 e. The molecule has 0 aliphatic carbocycles. The van der Waals surface area contributed by atoms with Gasteiger partial charge in [-0.15, -0.1) is 0 Å². The van der Waals surface area contributed by atoms with E-state index in [2.05, 4.69) is 160 Å². The summed E-state index contributed by atoms with van der Waals surface area (Å²) < 4.78 is 22.8. The lowest BCUT2D eigenvalue weighted by Gasteiger charge is -2.26. The van der Waals surface area contributed by atoms with Crippen LogP contribution in [0.2, 0.25) is 0 Å².